The second kappa shape index (κ2) is 6.04. The summed E-state index contributed by atoms with van der Waals surface area (Å²) < 4.78 is 1.03. The Morgan fingerprint density at radius 2 is 2.15 bits per heavy atom. The smallest absolute Gasteiger partial charge is 0.120 e. The molecule has 2 unspecified atom stereocenters. The fraction of sp³-hybridized carbons (Fsp3) is 0.625. The Morgan fingerprint density at radius 1 is 1.40 bits per heavy atom. The molecule has 3 aliphatic rings. The molecule has 2 N–H and O–H groups in total. The van der Waals surface area contributed by atoms with Gasteiger partial charge < -0.3 is 15.3 Å². The Labute approximate surface area is 129 Å². The van der Waals surface area contributed by atoms with Crippen molar-refractivity contribution in [1.82, 2.24) is 10.2 Å². The fourth-order valence-corrected chi connectivity index (χ4v) is 4.02. The number of benzene rings is 1. The third-order valence-corrected chi connectivity index (χ3v) is 5.34. The Balaban J connectivity index is 1.75. The van der Waals surface area contributed by atoms with Crippen LogP contribution in [0.15, 0.2) is 22.7 Å². The Morgan fingerprint density at radius 3 is 2.75 bits per heavy atom. The monoisotopic (exact) mass is 338 g/mol. The van der Waals surface area contributed by atoms with Gasteiger partial charge in [0.1, 0.15) is 5.75 Å². The predicted octanol–water partition coefficient (Wildman–Crippen LogP) is 3.29. The van der Waals surface area contributed by atoms with E-state index < -0.39 is 0 Å². The summed E-state index contributed by atoms with van der Waals surface area (Å²) in [5, 5.41) is 13.9. The topological polar surface area (TPSA) is 35.5 Å². The van der Waals surface area contributed by atoms with Crippen LogP contribution in [-0.2, 0) is 0 Å². The van der Waals surface area contributed by atoms with E-state index in [0.717, 1.165) is 28.9 Å². The molecule has 3 saturated heterocycles. The molecule has 4 rings (SSSR count). The molecule has 0 radical (unpaired) electrons. The maximum absolute atomic E-state index is 10.1. The molecule has 1 aromatic carbocycles. The van der Waals surface area contributed by atoms with Crippen LogP contribution in [0.25, 0.3) is 0 Å². The van der Waals surface area contributed by atoms with Crippen LogP contribution >= 0.6 is 15.9 Å². The maximum atomic E-state index is 10.1. The zero-order valence-corrected chi connectivity index (χ0v) is 13.6. The summed E-state index contributed by atoms with van der Waals surface area (Å²) >= 11 is 3.50. The van der Waals surface area contributed by atoms with Crippen LogP contribution in [0.4, 0.5) is 0 Å². The Kier molecular flexibility index (Phi) is 4.34. The van der Waals surface area contributed by atoms with Gasteiger partial charge >= 0.3 is 0 Å². The van der Waals surface area contributed by atoms with Gasteiger partial charge in [0.2, 0.25) is 0 Å². The molecule has 20 heavy (non-hydrogen) atoms. The largest absolute Gasteiger partial charge is 0.508 e. The molecule has 3 fully saturated rings. The molecule has 3 nitrogen and oxygen atoms in total. The summed E-state index contributed by atoms with van der Waals surface area (Å²) in [6.07, 6.45) is 3.63. The molecule has 0 spiro atoms. The molecule has 4 heteroatoms. The van der Waals surface area contributed by atoms with Crippen molar-refractivity contribution in [2.45, 2.75) is 38.3 Å². The SMILES string of the molecule is CCC(NC1CN2CCC1CC2)c1cc(Br)ccc1O. The van der Waals surface area contributed by atoms with E-state index in [1.807, 2.05) is 12.1 Å². The number of rotatable bonds is 4. The lowest BCUT2D eigenvalue weighted by atomic mass is 9.83. The van der Waals surface area contributed by atoms with Gasteiger partial charge in [0.25, 0.3) is 0 Å². The average molecular weight is 339 g/mol. The van der Waals surface area contributed by atoms with Crippen molar-refractivity contribution in [2.75, 3.05) is 19.6 Å². The molecule has 1 aromatic rings. The highest BCUT2D eigenvalue weighted by Gasteiger charge is 2.35. The molecule has 0 amide bonds. The first-order valence-electron chi connectivity index (χ1n) is 7.64. The molecular formula is C16H23BrN2O. The molecule has 2 bridgehead atoms. The van der Waals surface area contributed by atoms with Gasteiger partial charge in [0, 0.05) is 28.7 Å². The van der Waals surface area contributed by atoms with E-state index in [1.165, 1.54) is 25.9 Å². The minimum absolute atomic E-state index is 0.234. The molecule has 0 aliphatic carbocycles. The van der Waals surface area contributed by atoms with Crippen molar-refractivity contribution in [3.63, 3.8) is 0 Å². The summed E-state index contributed by atoms with van der Waals surface area (Å²) in [6, 6.07) is 6.51. The standard InChI is InChI=1S/C16H23BrN2O/c1-2-14(13-9-12(17)3-4-16(13)20)18-15-10-19-7-5-11(15)6-8-19/h3-4,9,11,14-15,18,20H,2,5-8,10H2,1H3. The number of nitrogens with one attached hydrogen (secondary N) is 1. The van der Waals surface area contributed by atoms with E-state index in [1.54, 1.807) is 6.07 Å². The summed E-state index contributed by atoms with van der Waals surface area (Å²) in [4.78, 5) is 2.56. The van der Waals surface area contributed by atoms with Crippen LogP contribution in [-0.4, -0.2) is 35.7 Å². The van der Waals surface area contributed by atoms with Crippen molar-refractivity contribution in [3.8, 4) is 5.75 Å². The van der Waals surface area contributed by atoms with Crippen LogP contribution in [0.1, 0.15) is 37.8 Å². The van der Waals surface area contributed by atoms with E-state index in [9.17, 15) is 5.11 Å². The van der Waals surface area contributed by atoms with Gasteiger partial charge in [0.15, 0.2) is 0 Å². The maximum Gasteiger partial charge on any atom is 0.120 e. The van der Waals surface area contributed by atoms with Crippen LogP contribution < -0.4 is 5.32 Å². The second-order valence-electron chi connectivity index (χ2n) is 6.08. The lowest BCUT2D eigenvalue weighted by molar-refractivity contribution is 0.0664. The van der Waals surface area contributed by atoms with Crippen molar-refractivity contribution < 1.29 is 5.11 Å². The first kappa shape index (κ1) is 14.4. The Hall–Kier alpha value is -0.580. The van der Waals surface area contributed by atoms with E-state index in [4.69, 9.17) is 0 Å². The lowest BCUT2D eigenvalue weighted by Gasteiger charge is -2.46. The third kappa shape index (κ3) is 2.87. The summed E-state index contributed by atoms with van der Waals surface area (Å²) in [7, 11) is 0. The van der Waals surface area contributed by atoms with E-state index in [-0.39, 0.29) is 6.04 Å². The first-order valence-corrected chi connectivity index (χ1v) is 8.43. The minimum Gasteiger partial charge on any atom is -0.508 e. The highest BCUT2D eigenvalue weighted by Crippen LogP contribution is 2.33. The molecule has 3 aliphatic heterocycles. The van der Waals surface area contributed by atoms with Gasteiger partial charge in [-0.1, -0.05) is 22.9 Å². The number of phenolic OH excluding ortho intramolecular Hbond substituents is 1. The van der Waals surface area contributed by atoms with Crippen LogP contribution in [0.3, 0.4) is 0 Å². The summed E-state index contributed by atoms with van der Waals surface area (Å²) in [6.45, 7) is 5.87. The number of aromatic hydroxyl groups is 1. The first-order chi connectivity index (χ1) is 9.67. The molecule has 0 aromatic heterocycles. The second-order valence-corrected chi connectivity index (χ2v) is 6.99. The summed E-state index contributed by atoms with van der Waals surface area (Å²) in [5.41, 5.74) is 1.01. The lowest BCUT2D eigenvalue weighted by Crippen LogP contribution is -2.56. The van der Waals surface area contributed by atoms with E-state index in [2.05, 4.69) is 33.1 Å². The van der Waals surface area contributed by atoms with Crippen molar-refractivity contribution in [3.05, 3.63) is 28.2 Å². The van der Waals surface area contributed by atoms with Gasteiger partial charge in [-0.3, -0.25) is 0 Å². The third-order valence-electron chi connectivity index (χ3n) is 4.84. The van der Waals surface area contributed by atoms with Crippen molar-refractivity contribution >= 4 is 15.9 Å². The van der Waals surface area contributed by atoms with Crippen LogP contribution in [0.5, 0.6) is 5.75 Å². The van der Waals surface area contributed by atoms with Gasteiger partial charge in [-0.2, -0.15) is 0 Å². The normalized spacial score (nSPS) is 30.4. The number of halogens is 1. The van der Waals surface area contributed by atoms with Gasteiger partial charge in [-0.05, 0) is 56.5 Å². The number of nitrogens with zero attached hydrogens (tertiary/aromatic N) is 1. The molecule has 0 saturated carbocycles. The average Bonchev–Trinajstić information content (AvgIpc) is 2.49. The number of piperidine rings is 3. The Bertz CT molecular complexity index is 472. The van der Waals surface area contributed by atoms with Crippen LogP contribution in [0, 0.1) is 5.92 Å². The van der Waals surface area contributed by atoms with Crippen molar-refractivity contribution in [1.29, 1.82) is 0 Å². The molecule has 2 atom stereocenters. The zero-order chi connectivity index (χ0) is 14.1. The molecule has 110 valence electrons. The molecule has 3 heterocycles. The molecular weight excluding hydrogens is 316 g/mol. The zero-order valence-electron chi connectivity index (χ0n) is 12.0. The van der Waals surface area contributed by atoms with E-state index in [0.29, 0.717) is 11.8 Å². The quantitative estimate of drug-likeness (QED) is 0.884. The van der Waals surface area contributed by atoms with E-state index >= 15 is 0 Å². The predicted molar refractivity (Wildman–Crippen MR) is 84.9 cm³/mol. The highest BCUT2D eigenvalue weighted by atomic mass is 79.9. The minimum atomic E-state index is 0.234. The highest BCUT2D eigenvalue weighted by molar-refractivity contribution is 9.10. The number of fused-ring (bicyclic) bond motifs is 3. The van der Waals surface area contributed by atoms with Crippen LogP contribution in [0.2, 0.25) is 0 Å². The van der Waals surface area contributed by atoms with Gasteiger partial charge in [0.05, 0.1) is 0 Å². The van der Waals surface area contributed by atoms with Gasteiger partial charge in [-0.25, -0.2) is 0 Å². The van der Waals surface area contributed by atoms with Crippen molar-refractivity contribution in [2.24, 2.45) is 5.92 Å². The summed E-state index contributed by atoms with van der Waals surface area (Å²) in [5.74, 6) is 1.21. The number of phenols is 1. The number of hydrogen-bond donors (Lipinski definition) is 2. The van der Waals surface area contributed by atoms with Gasteiger partial charge in [-0.15, -0.1) is 0 Å². The number of hydrogen-bond acceptors (Lipinski definition) is 3. The fourth-order valence-electron chi connectivity index (χ4n) is 3.64.